The number of nitrogens with zero attached hydrogens (tertiary/aromatic N) is 2. The summed E-state index contributed by atoms with van der Waals surface area (Å²) in [6, 6.07) is -8.55. The molecule has 2 aromatic heterocycles. The second-order valence-corrected chi connectivity index (χ2v) is 22.9. The molecule has 3 aromatic rings. The van der Waals surface area contributed by atoms with Gasteiger partial charge < -0.3 is 84.6 Å². The van der Waals surface area contributed by atoms with Gasteiger partial charge >= 0.3 is 11.9 Å². The number of aliphatic carboxylic acids is 2. The third-order valence-corrected chi connectivity index (χ3v) is 13.8. The van der Waals surface area contributed by atoms with Gasteiger partial charge in [-0.25, -0.2) is 14.8 Å². The number of aromatic hydroxyl groups is 1. The molecule has 480 valence electrons. The van der Waals surface area contributed by atoms with Crippen molar-refractivity contribution in [3.8, 4) is 5.75 Å². The number of hydrogen-bond acceptors (Lipinski definition) is 16. The number of carboxylic acid groups (broad SMARTS) is 2. The zero-order valence-corrected chi connectivity index (χ0v) is 50.6. The lowest BCUT2D eigenvalue weighted by Gasteiger charge is -2.30. The van der Waals surface area contributed by atoms with Crippen molar-refractivity contribution in [2.24, 2.45) is 35.1 Å². The summed E-state index contributed by atoms with van der Waals surface area (Å²) in [6.07, 6.45) is 3.52. The van der Waals surface area contributed by atoms with Crippen molar-refractivity contribution in [3.05, 3.63) is 66.3 Å². The second-order valence-electron chi connectivity index (χ2n) is 22.9. The van der Waals surface area contributed by atoms with Crippen molar-refractivity contribution >= 4 is 71.0 Å². The fourth-order valence-corrected chi connectivity index (χ4v) is 8.94. The van der Waals surface area contributed by atoms with Gasteiger partial charge in [0, 0.05) is 49.5 Å². The molecule has 0 bridgehead atoms. The van der Waals surface area contributed by atoms with Crippen molar-refractivity contribution in [3.63, 3.8) is 0 Å². The third-order valence-electron chi connectivity index (χ3n) is 13.8. The average Bonchev–Trinajstić information content (AvgIpc) is 3.47. The van der Waals surface area contributed by atoms with E-state index in [1.165, 1.54) is 56.2 Å². The number of rotatable bonds is 38. The maximum absolute atomic E-state index is 14.6. The summed E-state index contributed by atoms with van der Waals surface area (Å²) in [5.74, 6) is -13.2. The molecular weight excluding hydrogens is 1130 g/mol. The lowest BCUT2D eigenvalue weighted by atomic mass is 9.96. The van der Waals surface area contributed by atoms with Gasteiger partial charge in [0.2, 0.25) is 59.1 Å². The van der Waals surface area contributed by atoms with Gasteiger partial charge in [-0.1, -0.05) is 73.9 Å². The third kappa shape index (κ3) is 25.7. The van der Waals surface area contributed by atoms with Crippen LogP contribution in [0.5, 0.6) is 5.75 Å². The Morgan fingerprint density at radius 1 is 0.506 bits per heavy atom. The van der Waals surface area contributed by atoms with Gasteiger partial charge in [-0.05, 0) is 74.0 Å². The number of nitrogens with one attached hydrogen (secondary N) is 11. The Balaban J connectivity index is 1.91. The van der Waals surface area contributed by atoms with E-state index in [9.17, 15) is 72.9 Å². The summed E-state index contributed by atoms with van der Waals surface area (Å²) in [6.45, 7) is 15.4. The van der Waals surface area contributed by atoms with E-state index in [0.29, 0.717) is 23.4 Å². The van der Waals surface area contributed by atoms with Crippen molar-refractivity contribution in [2.45, 2.75) is 187 Å². The summed E-state index contributed by atoms with van der Waals surface area (Å²) in [7, 11) is 0. The maximum atomic E-state index is 14.6. The van der Waals surface area contributed by atoms with Gasteiger partial charge in [-0.3, -0.25) is 52.7 Å². The monoisotopic (exact) mass is 1220 g/mol. The van der Waals surface area contributed by atoms with E-state index in [4.69, 9.17) is 11.5 Å². The first-order valence-electron chi connectivity index (χ1n) is 28.8. The zero-order chi connectivity index (χ0) is 65.2. The first kappa shape index (κ1) is 72.3. The number of nitrogens with two attached hydrogens (primary N) is 2. The predicted octanol–water partition coefficient (Wildman–Crippen LogP) is -1.41. The number of H-pyrrole nitrogens is 2. The Morgan fingerprint density at radius 3 is 1.38 bits per heavy atom. The molecular formula is C57H87N15O15. The maximum Gasteiger partial charge on any atom is 0.326 e. The van der Waals surface area contributed by atoms with E-state index in [1.807, 2.05) is 13.8 Å². The van der Waals surface area contributed by atoms with Gasteiger partial charge in [0.1, 0.15) is 60.1 Å². The molecule has 1 aromatic carbocycles. The summed E-state index contributed by atoms with van der Waals surface area (Å²) in [5.41, 5.74) is 12.6. The van der Waals surface area contributed by atoms with E-state index in [0.717, 1.165) is 0 Å². The van der Waals surface area contributed by atoms with Crippen LogP contribution < -0.4 is 59.3 Å². The van der Waals surface area contributed by atoms with Crippen LogP contribution in [-0.2, 0) is 76.8 Å². The molecule has 0 saturated heterocycles. The Kier molecular flexibility index (Phi) is 29.5. The van der Waals surface area contributed by atoms with Crippen LogP contribution in [0.1, 0.15) is 124 Å². The minimum absolute atomic E-state index is 0.00917. The van der Waals surface area contributed by atoms with Crippen molar-refractivity contribution in [2.75, 3.05) is 0 Å². The molecule has 0 aliphatic carbocycles. The van der Waals surface area contributed by atoms with E-state index in [-0.39, 0.29) is 62.0 Å². The SMILES string of the molecule is CC[C@H](C)[C@H](NC(=O)[C@H](CC(C)C)NC(=O)[C@H](CCC(N)=O)NC(=O)[C@H](CC(=O)O)NC(=O)[C@H](C)NC(=O)[C@@H](N)CC(C)C)C(=O)N[C@@H](Cc1cnc[nH]1)C(=O)N[C@@H](CC(C)C)C(=O)N[C@@H](Cc1cnc[nH]1)C(=O)N[C@@H](Cc1ccc(O)cc1)C(=O)O. The fourth-order valence-electron chi connectivity index (χ4n) is 8.94. The second kappa shape index (κ2) is 35.5. The largest absolute Gasteiger partial charge is 0.508 e. The van der Waals surface area contributed by atoms with Crippen LogP contribution in [0, 0.1) is 23.7 Å². The number of imidazole rings is 2. The number of carboxylic acids is 2. The zero-order valence-electron chi connectivity index (χ0n) is 50.6. The highest BCUT2D eigenvalue weighted by atomic mass is 16.4. The number of aromatic amines is 2. The number of primary amides is 1. The molecule has 3 rings (SSSR count). The number of phenolic OH excluding ortho intramolecular Hbond substituents is 1. The van der Waals surface area contributed by atoms with Crippen molar-refractivity contribution in [1.82, 2.24) is 67.8 Å². The summed E-state index contributed by atoms with van der Waals surface area (Å²) in [4.78, 5) is 176. The molecule has 11 atom stereocenters. The molecule has 30 heteroatoms. The van der Waals surface area contributed by atoms with Crippen LogP contribution >= 0.6 is 0 Å². The first-order chi connectivity index (χ1) is 40.9. The number of benzene rings is 1. The summed E-state index contributed by atoms with van der Waals surface area (Å²) >= 11 is 0. The highest BCUT2D eigenvalue weighted by Crippen LogP contribution is 2.16. The fraction of sp³-hybridized carbons (Fsp3) is 0.579. The normalized spacial score (nSPS) is 15.1. The number of phenols is 1. The molecule has 30 nitrogen and oxygen atoms in total. The Hall–Kier alpha value is -8.96. The molecule has 0 radical (unpaired) electrons. The highest BCUT2D eigenvalue weighted by Gasteiger charge is 2.38. The van der Waals surface area contributed by atoms with Gasteiger partial charge in [0.15, 0.2) is 0 Å². The number of hydrogen-bond donors (Lipinski definition) is 16. The van der Waals surface area contributed by atoms with Crippen LogP contribution in [0.4, 0.5) is 0 Å². The number of carbonyl (C=O) groups excluding carboxylic acids is 10. The number of carbonyl (C=O) groups is 12. The lowest BCUT2D eigenvalue weighted by molar-refractivity contribution is -0.142. The molecule has 2 heterocycles. The van der Waals surface area contributed by atoms with Gasteiger partial charge in [-0.2, -0.15) is 0 Å². The molecule has 87 heavy (non-hydrogen) atoms. The predicted molar refractivity (Wildman–Crippen MR) is 314 cm³/mol. The van der Waals surface area contributed by atoms with Gasteiger partial charge in [0.25, 0.3) is 0 Å². The highest BCUT2D eigenvalue weighted by molar-refractivity contribution is 5.99. The summed E-state index contributed by atoms with van der Waals surface area (Å²) < 4.78 is 0. The molecule has 0 saturated carbocycles. The first-order valence-corrected chi connectivity index (χ1v) is 28.8. The lowest BCUT2D eigenvalue weighted by Crippen LogP contribution is -2.62. The van der Waals surface area contributed by atoms with Crippen LogP contribution in [0.2, 0.25) is 0 Å². The molecule has 0 aliphatic rings. The van der Waals surface area contributed by atoms with Crippen molar-refractivity contribution in [1.29, 1.82) is 0 Å². The smallest absolute Gasteiger partial charge is 0.326 e. The van der Waals surface area contributed by atoms with Crippen LogP contribution in [0.3, 0.4) is 0 Å². The minimum atomic E-state index is -1.82. The molecule has 10 amide bonds. The van der Waals surface area contributed by atoms with Crippen LogP contribution in [0.25, 0.3) is 0 Å². The Labute approximate surface area is 504 Å². The standard InChI is InChI=1S/C57H87N15O15/c1-10-31(8)47(72-55(84)40(19-30(6)7)67-50(79)38(15-16-45(59)74)65-54(83)43(23-46(75)76)66-48(77)32(9)64-49(78)37(58)17-28(2)3)56(85)70-42(22-35-25-61-27-63-35)52(81)68-39(18-29(4)5)51(80)69-41(21-34-24-60-26-62-34)53(82)71-44(57(86)87)20-33-11-13-36(73)14-12-33/h11-14,24-32,37-44,47,73H,10,15-23,58H2,1-9H3,(H2,59,74)(H,60,62)(H,61,63)(H,64,78)(H,65,83)(H,66,77)(H,67,79)(H,68,81)(H,69,80)(H,70,85)(H,71,82)(H,72,84)(H,75,76)(H,86,87)/t31-,32-,37-,38-,39-,40-,41-,42-,43-,44-,47-/m0/s1. The van der Waals surface area contributed by atoms with E-state index >= 15 is 0 Å². The topological polar surface area (TPSA) is 483 Å². The Morgan fingerprint density at radius 2 is 0.931 bits per heavy atom. The van der Waals surface area contributed by atoms with Gasteiger partial charge in [0.05, 0.1) is 25.1 Å². The average molecular weight is 1220 g/mol. The molecule has 0 aliphatic heterocycles. The molecule has 0 fully saturated rings. The molecule has 0 unspecified atom stereocenters. The van der Waals surface area contributed by atoms with Crippen LogP contribution in [-0.4, -0.2) is 167 Å². The summed E-state index contributed by atoms with van der Waals surface area (Å²) in [5, 5.41) is 52.4. The van der Waals surface area contributed by atoms with E-state index in [1.54, 1.807) is 41.5 Å². The Bertz CT molecular complexity index is 2790. The van der Waals surface area contributed by atoms with Crippen LogP contribution in [0.15, 0.2) is 49.3 Å². The van der Waals surface area contributed by atoms with Gasteiger partial charge in [-0.15, -0.1) is 0 Å². The van der Waals surface area contributed by atoms with E-state index < -0.39 is 157 Å². The minimum Gasteiger partial charge on any atom is -0.508 e. The number of aromatic nitrogens is 4. The molecule has 18 N–H and O–H groups in total. The molecule has 0 spiro atoms. The van der Waals surface area contributed by atoms with E-state index in [2.05, 4.69) is 67.8 Å². The van der Waals surface area contributed by atoms with Crippen molar-refractivity contribution < 1.29 is 72.9 Å². The quantitative estimate of drug-likeness (QED) is 0.0313. The number of amides is 10.